The third-order valence-electron chi connectivity index (χ3n) is 3.81. The summed E-state index contributed by atoms with van der Waals surface area (Å²) in [6.07, 6.45) is 3.58. The van der Waals surface area contributed by atoms with Crippen molar-refractivity contribution in [2.75, 3.05) is 6.54 Å². The number of nitrogens with zero attached hydrogens (tertiary/aromatic N) is 1. The molecule has 0 radical (unpaired) electrons. The van der Waals surface area contributed by atoms with Gasteiger partial charge in [-0.2, -0.15) is 5.10 Å². The Balaban J connectivity index is 0.00000192. The predicted octanol–water partition coefficient (Wildman–Crippen LogP) is 3.35. The summed E-state index contributed by atoms with van der Waals surface area (Å²) in [5.74, 6) is 0. The number of H-pyrrole nitrogens is 1. The number of nitrogens with two attached hydrogens (primary N) is 1. The number of aromatic amines is 1. The molecule has 0 amide bonds. The Bertz CT molecular complexity index is 743. The molecule has 0 aliphatic heterocycles. The van der Waals surface area contributed by atoms with Crippen molar-refractivity contribution in [2.45, 2.75) is 5.60 Å². The smallest absolute Gasteiger partial charge is 0.127 e. The quantitative estimate of drug-likeness (QED) is 0.676. The summed E-state index contributed by atoms with van der Waals surface area (Å²) in [5, 5.41) is 18.3. The molecule has 2 aromatic carbocycles. The molecular weight excluding hydrogens is 333 g/mol. The Morgan fingerprint density at radius 1 is 1.00 bits per heavy atom. The van der Waals surface area contributed by atoms with Crippen molar-refractivity contribution < 1.29 is 5.11 Å². The molecule has 3 rings (SSSR count). The van der Waals surface area contributed by atoms with Gasteiger partial charge in [0.1, 0.15) is 5.60 Å². The van der Waals surface area contributed by atoms with E-state index in [0.717, 1.165) is 22.3 Å². The van der Waals surface area contributed by atoms with Crippen LogP contribution < -0.4 is 5.73 Å². The zero-order chi connectivity index (χ0) is 15.6. The van der Waals surface area contributed by atoms with Gasteiger partial charge in [0.15, 0.2) is 0 Å². The van der Waals surface area contributed by atoms with E-state index in [1.54, 1.807) is 30.5 Å². The molecule has 4 N–H and O–H groups in total. The van der Waals surface area contributed by atoms with Crippen LogP contribution >= 0.6 is 24.0 Å². The minimum Gasteiger partial charge on any atom is -0.379 e. The lowest BCUT2D eigenvalue weighted by molar-refractivity contribution is 0.0902. The van der Waals surface area contributed by atoms with Gasteiger partial charge in [-0.15, -0.1) is 12.4 Å². The number of aliphatic hydroxyl groups is 1. The van der Waals surface area contributed by atoms with Crippen LogP contribution in [0.5, 0.6) is 0 Å². The summed E-state index contributed by atoms with van der Waals surface area (Å²) in [6, 6.07) is 14.7. The lowest BCUT2D eigenvalue weighted by Gasteiger charge is -2.28. The van der Waals surface area contributed by atoms with Gasteiger partial charge in [-0.3, -0.25) is 5.10 Å². The van der Waals surface area contributed by atoms with Gasteiger partial charge in [0.2, 0.25) is 0 Å². The van der Waals surface area contributed by atoms with E-state index in [9.17, 15) is 5.11 Å². The van der Waals surface area contributed by atoms with Crippen LogP contribution in [0.15, 0.2) is 60.9 Å². The van der Waals surface area contributed by atoms with Crippen LogP contribution in [-0.2, 0) is 5.60 Å². The largest absolute Gasteiger partial charge is 0.379 e. The molecular formula is C17H17Cl2N3O. The first-order chi connectivity index (χ1) is 10.6. The molecule has 0 spiro atoms. The van der Waals surface area contributed by atoms with E-state index in [0.29, 0.717) is 5.02 Å². The Hall–Kier alpha value is -1.85. The topological polar surface area (TPSA) is 74.9 Å². The average Bonchev–Trinajstić information content (AvgIpc) is 3.09. The predicted molar refractivity (Wildman–Crippen MR) is 94.8 cm³/mol. The van der Waals surface area contributed by atoms with Crippen molar-refractivity contribution in [3.63, 3.8) is 0 Å². The lowest BCUT2D eigenvalue weighted by Crippen LogP contribution is -2.36. The normalized spacial score (nSPS) is 13.2. The van der Waals surface area contributed by atoms with Crippen LogP contribution in [-0.4, -0.2) is 21.8 Å². The molecule has 1 aromatic heterocycles. The van der Waals surface area contributed by atoms with Crippen molar-refractivity contribution in [1.82, 2.24) is 10.2 Å². The Morgan fingerprint density at radius 3 is 2.04 bits per heavy atom. The standard InChI is InChI=1S/C17H16ClN3O.ClH/c18-16-7-5-15(6-8-16)17(22,11-19)14-3-1-12(2-4-14)13-9-20-21-10-13;/h1-10,22H,11,19H2,(H,20,21);1H. The number of hydrogen-bond donors (Lipinski definition) is 3. The first kappa shape index (κ1) is 17.5. The summed E-state index contributed by atoms with van der Waals surface area (Å²) < 4.78 is 0. The molecule has 0 aliphatic carbocycles. The van der Waals surface area contributed by atoms with Crippen LogP contribution in [0.25, 0.3) is 11.1 Å². The molecule has 6 heteroatoms. The molecule has 4 nitrogen and oxygen atoms in total. The number of benzene rings is 2. The first-order valence-electron chi connectivity index (χ1n) is 6.91. The summed E-state index contributed by atoms with van der Waals surface area (Å²) in [7, 11) is 0. The van der Waals surface area contributed by atoms with E-state index >= 15 is 0 Å². The van der Waals surface area contributed by atoms with Gasteiger partial charge < -0.3 is 10.8 Å². The van der Waals surface area contributed by atoms with E-state index in [1.165, 1.54) is 0 Å². The van der Waals surface area contributed by atoms with Crippen molar-refractivity contribution >= 4 is 24.0 Å². The maximum Gasteiger partial charge on any atom is 0.127 e. The Morgan fingerprint density at radius 2 is 1.57 bits per heavy atom. The van der Waals surface area contributed by atoms with Crippen LogP contribution in [0.4, 0.5) is 0 Å². The van der Waals surface area contributed by atoms with Crippen molar-refractivity contribution in [2.24, 2.45) is 5.73 Å². The summed E-state index contributed by atoms with van der Waals surface area (Å²) in [6.45, 7) is 0.0830. The third-order valence-corrected chi connectivity index (χ3v) is 4.06. The van der Waals surface area contributed by atoms with Gasteiger partial charge >= 0.3 is 0 Å². The van der Waals surface area contributed by atoms with E-state index in [4.69, 9.17) is 17.3 Å². The fraction of sp³-hybridized carbons (Fsp3) is 0.118. The van der Waals surface area contributed by atoms with Gasteiger partial charge in [0.25, 0.3) is 0 Å². The molecule has 0 bridgehead atoms. The van der Waals surface area contributed by atoms with Gasteiger partial charge in [0.05, 0.1) is 6.20 Å². The zero-order valence-corrected chi connectivity index (χ0v) is 13.8. The van der Waals surface area contributed by atoms with Crippen molar-refractivity contribution in [3.05, 3.63) is 77.1 Å². The summed E-state index contributed by atoms with van der Waals surface area (Å²) in [4.78, 5) is 0. The number of hydrogen-bond acceptors (Lipinski definition) is 3. The second-order valence-electron chi connectivity index (χ2n) is 5.14. The highest BCUT2D eigenvalue weighted by Crippen LogP contribution is 2.31. The van der Waals surface area contributed by atoms with Crippen LogP contribution in [0.3, 0.4) is 0 Å². The second kappa shape index (κ2) is 7.15. The second-order valence-corrected chi connectivity index (χ2v) is 5.57. The molecule has 1 heterocycles. The highest BCUT2D eigenvalue weighted by Gasteiger charge is 2.29. The number of halogens is 2. The molecule has 0 fully saturated rings. The molecule has 3 aromatic rings. The van der Waals surface area contributed by atoms with Gasteiger partial charge in [-0.05, 0) is 28.8 Å². The van der Waals surface area contributed by atoms with Crippen molar-refractivity contribution in [3.8, 4) is 11.1 Å². The Kier molecular flexibility index (Phi) is 5.44. The zero-order valence-electron chi connectivity index (χ0n) is 12.2. The lowest BCUT2D eigenvalue weighted by atomic mass is 9.86. The maximum atomic E-state index is 11.0. The van der Waals surface area contributed by atoms with E-state index in [2.05, 4.69) is 10.2 Å². The third kappa shape index (κ3) is 3.41. The van der Waals surface area contributed by atoms with Gasteiger partial charge in [-0.25, -0.2) is 0 Å². The molecule has 120 valence electrons. The number of aromatic nitrogens is 2. The van der Waals surface area contributed by atoms with Gasteiger partial charge in [-0.1, -0.05) is 48.0 Å². The summed E-state index contributed by atoms with van der Waals surface area (Å²) in [5.41, 5.74) is 8.08. The Labute approximate surface area is 145 Å². The van der Waals surface area contributed by atoms with E-state index in [-0.39, 0.29) is 19.0 Å². The highest BCUT2D eigenvalue weighted by atomic mass is 35.5. The number of nitrogens with one attached hydrogen (secondary N) is 1. The van der Waals surface area contributed by atoms with Gasteiger partial charge in [0, 0.05) is 23.3 Å². The minimum absolute atomic E-state index is 0. The molecule has 0 saturated heterocycles. The van der Waals surface area contributed by atoms with Crippen molar-refractivity contribution in [1.29, 1.82) is 0 Å². The van der Waals surface area contributed by atoms with Crippen LogP contribution in [0.1, 0.15) is 11.1 Å². The summed E-state index contributed by atoms with van der Waals surface area (Å²) >= 11 is 5.91. The molecule has 1 unspecified atom stereocenters. The SMILES string of the molecule is Cl.NCC(O)(c1ccc(Cl)cc1)c1ccc(-c2cn[nH]c2)cc1. The maximum absolute atomic E-state index is 11.0. The van der Waals surface area contributed by atoms with Crippen LogP contribution in [0.2, 0.25) is 5.02 Å². The monoisotopic (exact) mass is 349 g/mol. The van der Waals surface area contributed by atoms with E-state index < -0.39 is 5.60 Å². The molecule has 0 saturated carbocycles. The average molecular weight is 350 g/mol. The molecule has 1 atom stereocenters. The highest BCUT2D eigenvalue weighted by molar-refractivity contribution is 6.30. The molecule has 0 aliphatic rings. The minimum atomic E-state index is -1.24. The first-order valence-corrected chi connectivity index (χ1v) is 7.29. The van der Waals surface area contributed by atoms with Crippen LogP contribution in [0, 0.1) is 0 Å². The fourth-order valence-electron chi connectivity index (χ4n) is 2.48. The van der Waals surface area contributed by atoms with E-state index in [1.807, 2.05) is 30.5 Å². The molecule has 23 heavy (non-hydrogen) atoms. The number of rotatable bonds is 4. The fourth-order valence-corrected chi connectivity index (χ4v) is 2.60.